The first kappa shape index (κ1) is 11.0. The van der Waals surface area contributed by atoms with Crippen LogP contribution in [0.4, 0.5) is 8.78 Å². The third kappa shape index (κ3) is 3.79. The van der Waals surface area contributed by atoms with E-state index in [0.717, 1.165) is 6.08 Å². The van der Waals surface area contributed by atoms with Crippen LogP contribution >= 0.6 is 15.9 Å². The molecule has 0 aliphatic carbocycles. The molecule has 0 aromatic heterocycles. The molecule has 0 fully saturated rings. The number of halogens is 3. The Morgan fingerprint density at radius 3 is 2.50 bits per heavy atom. The molecule has 0 unspecified atom stereocenters. The van der Waals surface area contributed by atoms with E-state index in [-0.39, 0.29) is 0 Å². The summed E-state index contributed by atoms with van der Waals surface area (Å²) in [5.41, 5.74) is 0.358. The van der Waals surface area contributed by atoms with Gasteiger partial charge in [-0.15, -0.1) is 0 Å². The lowest BCUT2D eigenvalue weighted by molar-refractivity contribution is 0.104. The summed E-state index contributed by atoms with van der Waals surface area (Å²) in [5.74, 6) is -0.460. The van der Waals surface area contributed by atoms with Crippen molar-refractivity contribution < 1.29 is 13.6 Å². The molecule has 0 saturated heterocycles. The molecule has 0 amide bonds. The molecule has 73 valence electrons. The van der Waals surface area contributed by atoms with E-state index in [4.69, 9.17) is 0 Å². The summed E-state index contributed by atoms with van der Waals surface area (Å²) < 4.78 is 24.5. The largest absolute Gasteiger partial charge is 0.320 e. The van der Waals surface area contributed by atoms with Gasteiger partial charge in [-0.25, -0.2) is 0 Å². The van der Waals surface area contributed by atoms with Gasteiger partial charge < -0.3 is 0 Å². The predicted molar refractivity (Wildman–Crippen MR) is 52.6 cm³/mol. The summed E-state index contributed by atoms with van der Waals surface area (Å²) in [7, 11) is 0. The van der Waals surface area contributed by atoms with Crippen molar-refractivity contribution >= 4 is 21.7 Å². The molecule has 0 heterocycles. The molecule has 1 aromatic rings. The van der Waals surface area contributed by atoms with Gasteiger partial charge in [0.15, 0.2) is 5.78 Å². The Labute approximate surface area is 88.6 Å². The molecular formula is C10H6BrF2O. The highest BCUT2D eigenvalue weighted by Gasteiger charge is 2.19. The van der Waals surface area contributed by atoms with E-state index in [1.54, 1.807) is 12.1 Å². The summed E-state index contributed by atoms with van der Waals surface area (Å²) in [6, 6.07) is 8.85. The molecule has 1 nitrogen and oxygen atoms in total. The normalized spacial score (nSPS) is 11.9. The molecule has 0 N–H and O–H groups in total. The SMILES string of the molecule is O=C(C=CC(F)(F)Br)c1cc[c]cc1. The van der Waals surface area contributed by atoms with Crippen LogP contribution in [0, 0.1) is 6.07 Å². The molecule has 0 aliphatic heterocycles. The lowest BCUT2D eigenvalue weighted by Crippen LogP contribution is -2.01. The van der Waals surface area contributed by atoms with Crippen LogP contribution in [-0.4, -0.2) is 10.6 Å². The van der Waals surface area contributed by atoms with Crippen molar-refractivity contribution in [1.29, 1.82) is 0 Å². The maximum absolute atomic E-state index is 12.3. The summed E-state index contributed by atoms with van der Waals surface area (Å²) >= 11 is 2.10. The van der Waals surface area contributed by atoms with Gasteiger partial charge in [-0.3, -0.25) is 4.79 Å². The highest BCUT2D eigenvalue weighted by atomic mass is 79.9. The number of ketones is 1. The number of benzene rings is 1. The van der Waals surface area contributed by atoms with Crippen LogP contribution in [-0.2, 0) is 0 Å². The summed E-state index contributed by atoms with van der Waals surface area (Å²) in [6.45, 7) is 0. The molecule has 1 rings (SSSR count). The molecule has 0 spiro atoms. The van der Waals surface area contributed by atoms with Crippen molar-refractivity contribution in [3.63, 3.8) is 0 Å². The van der Waals surface area contributed by atoms with Crippen LogP contribution in [0.3, 0.4) is 0 Å². The van der Waals surface area contributed by atoms with Gasteiger partial charge in [0.25, 0.3) is 0 Å². The third-order valence-electron chi connectivity index (χ3n) is 1.43. The zero-order chi connectivity index (χ0) is 10.6. The van der Waals surface area contributed by atoms with Crippen molar-refractivity contribution in [3.05, 3.63) is 48.0 Å². The van der Waals surface area contributed by atoms with Gasteiger partial charge >= 0.3 is 4.83 Å². The summed E-state index contributed by atoms with van der Waals surface area (Å²) in [6.07, 6.45) is 1.34. The van der Waals surface area contributed by atoms with Gasteiger partial charge in [-0.2, -0.15) is 8.78 Å². The van der Waals surface area contributed by atoms with Gasteiger partial charge in [0.2, 0.25) is 0 Å². The van der Waals surface area contributed by atoms with Gasteiger partial charge in [0.05, 0.1) is 0 Å². The van der Waals surface area contributed by atoms with Crippen molar-refractivity contribution in [1.82, 2.24) is 0 Å². The first-order valence-corrected chi connectivity index (χ1v) is 4.55. The maximum Gasteiger partial charge on any atom is 0.320 e. The number of rotatable bonds is 3. The van der Waals surface area contributed by atoms with E-state index in [2.05, 4.69) is 22.0 Å². The predicted octanol–water partition coefficient (Wildman–Crippen LogP) is 3.21. The maximum atomic E-state index is 12.3. The van der Waals surface area contributed by atoms with Gasteiger partial charge in [0.1, 0.15) is 0 Å². The Hall–Kier alpha value is -1.03. The molecule has 0 aliphatic rings. The number of alkyl halides is 3. The van der Waals surface area contributed by atoms with Crippen molar-refractivity contribution in [2.24, 2.45) is 0 Å². The van der Waals surface area contributed by atoms with Crippen LogP contribution in [0.15, 0.2) is 36.4 Å². The number of hydrogen-bond donors (Lipinski definition) is 0. The lowest BCUT2D eigenvalue weighted by Gasteiger charge is -1.99. The van der Waals surface area contributed by atoms with Gasteiger partial charge in [-0.05, 0) is 34.1 Å². The highest BCUT2D eigenvalue weighted by molar-refractivity contribution is 9.10. The Morgan fingerprint density at radius 1 is 1.43 bits per heavy atom. The first-order chi connectivity index (χ1) is 6.49. The summed E-state index contributed by atoms with van der Waals surface area (Å²) in [5, 5.41) is 0. The van der Waals surface area contributed by atoms with Gasteiger partial charge in [-0.1, -0.05) is 24.3 Å². The van der Waals surface area contributed by atoms with E-state index in [0.29, 0.717) is 11.6 Å². The van der Waals surface area contributed by atoms with Crippen LogP contribution in [0.2, 0.25) is 0 Å². The zero-order valence-electron chi connectivity index (χ0n) is 7.01. The van der Waals surface area contributed by atoms with Gasteiger partial charge in [0, 0.05) is 5.56 Å². The van der Waals surface area contributed by atoms with Crippen molar-refractivity contribution in [2.75, 3.05) is 0 Å². The average molecular weight is 260 g/mol. The minimum absolute atomic E-state index is 0.358. The van der Waals surface area contributed by atoms with Crippen LogP contribution < -0.4 is 0 Å². The second kappa shape index (κ2) is 4.46. The molecule has 1 radical (unpaired) electrons. The standard InChI is InChI=1S/C10H6BrF2O/c11-10(12,13)7-6-9(14)8-4-2-1-3-5-8/h2-7H. The smallest absolute Gasteiger partial charge is 0.289 e. The fourth-order valence-corrected chi connectivity index (χ4v) is 0.950. The van der Waals surface area contributed by atoms with Crippen LogP contribution in [0.5, 0.6) is 0 Å². The fourth-order valence-electron chi connectivity index (χ4n) is 0.818. The highest BCUT2D eigenvalue weighted by Crippen LogP contribution is 2.22. The van der Waals surface area contributed by atoms with E-state index < -0.39 is 10.6 Å². The quantitative estimate of drug-likeness (QED) is 0.463. The molecule has 0 bridgehead atoms. The first-order valence-electron chi connectivity index (χ1n) is 3.75. The Balaban J connectivity index is 2.74. The topological polar surface area (TPSA) is 17.1 Å². The van der Waals surface area contributed by atoms with E-state index in [1.807, 2.05) is 0 Å². The molecule has 0 atom stereocenters. The minimum atomic E-state index is -3.14. The van der Waals surface area contributed by atoms with Crippen molar-refractivity contribution in [2.45, 2.75) is 4.83 Å². The fraction of sp³-hybridized carbons (Fsp3) is 0.100. The number of hydrogen-bond acceptors (Lipinski definition) is 1. The Morgan fingerprint density at radius 2 is 2.00 bits per heavy atom. The van der Waals surface area contributed by atoms with Crippen molar-refractivity contribution in [3.8, 4) is 0 Å². The third-order valence-corrected chi connectivity index (χ3v) is 1.69. The molecule has 0 saturated carbocycles. The van der Waals surface area contributed by atoms with E-state index in [1.165, 1.54) is 12.1 Å². The summed E-state index contributed by atoms with van der Waals surface area (Å²) in [4.78, 5) is 8.10. The average Bonchev–Trinajstić information content (AvgIpc) is 2.14. The van der Waals surface area contributed by atoms with Crippen LogP contribution in [0.25, 0.3) is 0 Å². The molecular weight excluding hydrogens is 254 g/mol. The monoisotopic (exact) mass is 259 g/mol. The molecule has 1 aromatic carbocycles. The van der Waals surface area contributed by atoms with E-state index >= 15 is 0 Å². The lowest BCUT2D eigenvalue weighted by atomic mass is 10.1. The Kier molecular flexibility index (Phi) is 3.52. The molecule has 4 heteroatoms. The second-order valence-corrected chi connectivity index (χ2v) is 3.59. The number of carbonyl (C=O) groups excluding carboxylic acids is 1. The number of carbonyl (C=O) groups is 1. The van der Waals surface area contributed by atoms with Crippen LogP contribution in [0.1, 0.15) is 10.4 Å². The number of allylic oxidation sites excluding steroid dienone is 2. The Bertz CT molecular complexity index is 341. The zero-order valence-corrected chi connectivity index (χ0v) is 8.59. The van der Waals surface area contributed by atoms with E-state index in [9.17, 15) is 13.6 Å². The minimum Gasteiger partial charge on any atom is -0.289 e. The second-order valence-electron chi connectivity index (χ2n) is 2.53. The molecule has 14 heavy (non-hydrogen) atoms.